The van der Waals surface area contributed by atoms with Crippen LogP contribution >= 0.6 is 0 Å². The highest BCUT2D eigenvalue weighted by Crippen LogP contribution is 2.19. The summed E-state index contributed by atoms with van der Waals surface area (Å²) in [6, 6.07) is 14.5. The number of benzene rings is 2. The summed E-state index contributed by atoms with van der Waals surface area (Å²) in [6.07, 6.45) is 1.64. The summed E-state index contributed by atoms with van der Waals surface area (Å²) in [6.45, 7) is 0. The molecule has 1 N–H and O–H groups in total. The van der Waals surface area contributed by atoms with E-state index in [-0.39, 0.29) is 5.75 Å². The molecule has 0 saturated heterocycles. The summed E-state index contributed by atoms with van der Waals surface area (Å²) < 4.78 is 5.06. The molecule has 0 unspecified atom stereocenters. The maximum Gasteiger partial charge on any atom is 0.124 e. The van der Waals surface area contributed by atoms with E-state index in [9.17, 15) is 5.11 Å². The van der Waals surface area contributed by atoms with Crippen molar-refractivity contribution in [1.82, 2.24) is 0 Å². The average molecular weight is 227 g/mol. The van der Waals surface area contributed by atoms with Gasteiger partial charge in [0.05, 0.1) is 12.8 Å². The highest BCUT2D eigenvalue weighted by atomic mass is 16.5. The molecule has 0 bridgehead atoms. The number of hydrogen-bond acceptors (Lipinski definition) is 3. The number of aromatic hydroxyl groups is 1. The third kappa shape index (κ3) is 2.84. The monoisotopic (exact) mass is 227 g/mol. The van der Waals surface area contributed by atoms with Gasteiger partial charge in [-0.15, -0.1) is 0 Å². The predicted octanol–water partition coefficient (Wildman–Crippen LogP) is 3.15. The van der Waals surface area contributed by atoms with Crippen LogP contribution in [0.4, 0.5) is 5.69 Å². The second-order valence-corrected chi connectivity index (χ2v) is 3.52. The Morgan fingerprint density at radius 1 is 1.06 bits per heavy atom. The summed E-state index contributed by atoms with van der Waals surface area (Å²) in [7, 11) is 1.63. The van der Waals surface area contributed by atoms with E-state index in [4.69, 9.17) is 4.74 Å². The van der Waals surface area contributed by atoms with Crippen molar-refractivity contribution < 1.29 is 9.84 Å². The van der Waals surface area contributed by atoms with E-state index in [1.165, 1.54) is 0 Å². The zero-order chi connectivity index (χ0) is 12.1. The smallest absolute Gasteiger partial charge is 0.124 e. The van der Waals surface area contributed by atoms with Gasteiger partial charge in [-0.05, 0) is 36.4 Å². The van der Waals surface area contributed by atoms with Crippen LogP contribution in [-0.4, -0.2) is 18.4 Å². The van der Waals surface area contributed by atoms with Gasteiger partial charge in [-0.25, -0.2) is 0 Å². The number of aliphatic imine (C=N–C) groups is 1. The molecule has 0 fully saturated rings. The molecule has 0 amide bonds. The van der Waals surface area contributed by atoms with Crippen molar-refractivity contribution in [1.29, 1.82) is 0 Å². The van der Waals surface area contributed by atoms with Gasteiger partial charge in [-0.1, -0.05) is 12.1 Å². The highest BCUT2D eigenvalue weighted by molar-refractivity contribution is 5.85. The quantitative estimate of drug-likeness (QED) is 0.818. The molecule has 2 aromatic carbocycles. The van der Waals surface area contributed by atoms with Gasteiger partial charge in [0.2, 0.25) is 0 Å². The van der Waals surface area contributed by atoms with Crippen LogP contribution in [0.3, 0.4) is 0 Å². The molecule has 3 heteroatoms. The first-order valence-corrected chi connectivity index (χ1v) is 5.26. The maximum absolute atomic E-state index is 9.56. The Morgan fingerprint density at radius 2 is 1.76 bits per heavy atom. The Morgan fingerprint density at radius 3 is 2.41 bits per heavy atom. The van der Waals surface area contributed by atoms with E-state index in [0.717, 1.165) is 11.4 Å². The van der Waals surface area contributed by atoms with Crippen molar-refractivity contribution in [2.45, 2.75) is 0 Å². The number of phenolic OH excluding ortho intramolecular Hbond substituents is 1. The Labute approximate surface area is 100 Å². The lowest BCUT2D eigenvalue weighted by Crippen LogP contribution is -1.82. The molecular weight excluding hydrogens is 214 g/mol. The predicted molar refractivity (Wildman–Crippen MR) is 68.4 cm³/mol. The van der Waals surface area contributed by atoms with E-state index in [2.05, 4.69) is 4.99 Å². The lowest BCUT2D eigenvalue weighted by molar-refractivity contribution is 0.415. The summed E-state index contributed by atoms with van der Waals surface area (Å²) >= 11 is 0. The van der Waals surface area contributed by atoms with E-state index >= 15 is 0 Å². The van der Waals surface area contributed by atoms with Gasteiger partial charge in [-0.2, -0.15) is 0 Å². The molecule has 86 valence electrons. The molecule has 0 radical (unpaired) electrons. The number of nitrogens with zero attached hydrogens (tertiary/aromatic N) is 1. The SMILES string of the molecule is COc1ccc(/N=C/c2ccccc2O)cc1. The van der Waals surface area contributed by atoms with Crippen LogP contribution in [0.15, 0.2) is 53.5 Å². The Bertz CT molecular complexity index is 518. The van der Waals surface area contributed by atoms with Gasteiger partial charge in [-0.3, -0.25) is 4.99 Å². The van der Waals surface area contributed by atoms with E-state index in [1.54, 1.807) is 25.5 Å². The molecule has 0 aliphatic carbocycles. The van der Waals surface area contributed by atoms with Crippen LogP contribution in [0.2, 0.25) is 0 Å². The fourth-order valence-corrected chi connectivity index (χ4v) is 1.41. The molecule has 0 heterocycles. The average Bonchev–Trinajstić information content (AvgIpc) is 2.38. The normalized spacial score (nSPS) is 10.6. The van der Waals surface area contributed by atoms with Crippen molar-refractivity contribution in [3.05, 3.63) is 54.1 Å². The minimum absolute atomic E-state index is 0.227. The molecule has 0 aromatic heterocycles. The summed E-state index contributed by atoms with van der Waals surface area (Å²) in [5, 5.41) is 9.56. The lowest BCUT2D eigenvalue weighted by Gasteiger charge is -1.99. The van der Waals surface area contributed by atoms with Crippen LogP contribution in [-0.2, 0) is 0 Å². The molecule has 0 spiro atoms. The lowest BCUT2D eigenvalue weighted by atomic mass is 10.2. The Hall–Kier alpha value is -2.29. The molecule has 0 atom stereocenters. The van der Waals surface area contributed by atoms with E-state index < -0.39 is 0 Å². The van der Waals surface area contributed by atoms with Gasteiger partial charge in [0.25, 0.3) is 0 Å². The zero-order valence-electron chi connectivity index (χ0n) is 9.50. The summed E-state index contributed by atoms with van der Waals surface area (Å²) in [4.78, 5) is 4.27. The number of methoxy groups -OCH3 is 1. The number of hydrogen-bond donors (Lipinski definition) is 1. The van der Waals surface area contributed by atoms with Crippen molar-refractivity contribution in [3.8, 4) is 11.5 Å². The van der Waals surface area contributed by atoms with Crippen LogP contribution in [0.25, 0.3) is 0 Å². The minimum Gasteiger partial charge on any atom is -0.507 e. The van der Waals surface area contributed by atoms with Crippen molar-refractivity contribution >= 4 is 11.9 Å². The highest BCUT2D eigenvalue weighted by Gasteiger charge is 1.95. The maximum atomic E-state index is 9.56. The number of ether oxygens (including phenoxy) is 1. The van der Waals surface area contributed by atoms with E-state index in [0.29, 0.717) is 5.56 Å². The molecule has 0 aliphatic rings. The molecule has 17 heavy (non-hydrogen) atoms. The van der Waals surface area contributed by atoms with Gasteiger partial charge >= 0.3 is 0 Å². The van der Waals surface area contributed by atoms with Gasteiger partial charge in [0.15, 0.2) is 0 Å². The second kappa shape index (κ2) is 5.16. The number of rotatable bonds is 3. The topological polar surface area (TPSA) is 41.8 Å². The van der Waals surface area contributed by atoms with Crippen LogP contribution in [0, 0.1) is 0 Å². The largest absolute Gasteiger partial charge is 0.507 e. The number of para-hydroxylation sites is 1. The number of phenols is 1. The first kappa shape index (κ1) is 11.2. The standard InChI is InChI=1S/C14H13NO2/c1-17-13-8-6-12(7-9-13)15-10-11-4-2-3-5-14(11)16/h2-10,16H,1H3/b15-10+. The van der Waals surface area contributed by atoms with Crippen molar-refractivity contribution in [2.24, 2.45) is 4.99 Å². The third-order valence-corrected chi connectivity index (χ3v) is 2.36. The van der Waals surface area contributed by atoms with Gasteiger partial charge in [0, 0.05) is 11.8 Å². The fourth-order valence-electron chi connectivity index (χ4n) is 1.41. The Balaban J connectivity index is 2.17. The van der Waals surface area contributed by atoms with Crippen LogP contribution in [0.5, 0.6) is 11.5 Å². The second-order valence-electron chi connectivity index (χ2n) is 3.52. The Kier molecular flexibility index (Phi) is 3.40. The molecule has 3 nitrogen and oxygen atoms in total. The first-order chi connectivity index (χ1) is 8.29. The molecule has 0 saturated carbocycles. The summed E-state index contributed by atoms with van der Waals surface area (Å²) in [5.74, 6) is 1.02. The first-order valence-electron chi connectivity index (χ1n) is 5.26. The molecule has 0 aliphatic heterocycles. The molecule has 2 aromatic rings. The zero-order valence-corrected chi connectivity index (χ0v) is 9.50. The summed E-state index contributed by atoms with van der Waals surface area (Å²) in [5.41, 5.74) is 1.51. The van der Waals surface area contributed by atoms with Crippen molar-refractivity contribution in [2.75, 3.05) is 7.11 Å². The van der Waals surface area contributed by atoms with Crippen LogP contribution in [0.1, 0.15) is 5.56 Å². The fraction of sp³-hybridized carbons (Fsp3) is 0.0714. The molecule has 2 rings (SSSR count). The van der Waals surface area contributed by atoms with Gasteiger partial charge < -0.3 is 9.84 Å². The van der Waals surface area contributed by atoms with Gasteiger partial charge in [0.1, 0.15) is 11.5 Å². The van der Waals surface area contributed by atoms with Crippen LogP contribution < -0.4 is 4.74 Å². The van der Waals surface area contributed by atoms with E-state index in [1.807, 2.05) is 36.4 Å². The minimum atomic E-state index is 0.227. The third-order valence-electron chi connectivity index (χ3n) is 2.36. The molecular formula is C14H13NO2. The van der Waals surface area contributed by atoms with Crippen molar-refractivity contribution in [3.63, 3.8) is 0 Å².